The van der Waals surface area contributed by atoms with Crippen molar-refractivity contribution in [3.8, 4) is 5.75 Å². The van der Waals surface area contributed by atoms with E-state index in [1.165, 1.54) is 31.4 Å². The number of imide groups is 1. The molecule has 0 aromatic heterocycles. The molecule has 11 heteroatoms. The zero-order valence-corrected chi connectivity index (χ0v) is 19.6. The number of rotatable bonds is 9. The smallest absolute Gasteiger partial charge is 0.330 e. The molecule has 0 saturated heterocycles. The van der Waals surface area contributed by atoms with Gasteiger partial charge in [0.1, 0.15) is 11.8 Å². The first kappa shape index (κ1) is 25.0. The number of carbonyl (C=O) groups is 4. The zero-order chi connectivity index (χ0) is 26.5. The molecule has 37 heavy (non-hydrogen) atoms. The molecule has 1 atom stereocenters. The second kappa shape index (κ2) is 10.7. The highest BCUT2D eigenvalue weighted by molar-refractivity contribution is 6.22. The van der Waals surface area contributed by atoms with Crippen LogP contribution in [0.15, 0.2) is 72.8 Å². The van der Waals surface area contributed by atoms with Crippen LogP contribution in [0.5, 0.6) is 5.75 Å². The Morgan fingerprint density at radius 2 is 1.59 bits per heavy atom. The van der Waals surface area contributed by atoms with Crippen molar-refractivity contribution in [2.45, 2.75) is 12.5 Å². The summed E-state index contributed by atoms with van der Waals surface area (Å²) in [7, 11) is 1.28. The molecule has 0 unspecified atom stereocenters. The van der Waals surface area contributed by atoms with Gasteiger partial charge in [0.25, 0.3) is 23.4 Å². The molecule has 0 fully saturated rings. The number of amides is 3. The number of anilines is 1. The number of hydrogen-bond acceptors (Lipinski definition) is 8. The Morgan fingerprint density at radius 1 is 0.973 bits per heavy atom. The third-order valence-electron chi connectivity index (χ3n) is 5.70. The Morgan fingerprint density at radius 3 is 2.19 bits per heavy atom. The van der Waals surface area contributed by atoms with Gasteiger partial charge in [0.15, 0.2) is 6.61 Å². The van der Waals surface area contributed by atoms with Crippen LogP contribution in [-0.2, 0) is 20.7 Å². The molecule has 0 spiro atoms. The fraction of sp³-hybridized carbons (Fsp3) is 0.154. The van der Waals surface area contributed by atoms with Crippen LogP contribution in [0, 0.1) is 10.1 Å². The van der Waals surface area contributed by atoms with Crippen molar-refractivity contribution in [1.82, 2.24) is 4.90 Å². The average Bonchev–Trinajstić information content (AvgIpc) is 3.16. The minimum Gasteiger partial charge on any atom is -0.494 e. The maximum atomic E-state index is 13.1. The lowest BCUT2D eigenvalue weighted by Crippen LogP contribution is -2.47. The van der Waals surface area contributed by atoms with E-state index in [0.29, 0.717) is 5.56 Å². The van der Waals surface area contributed by atoms with Crippen molar-refractivity contribution in [3.63, 3.8) is 0 Å². The quantitative estimate of drug-likeness (QED) is 0.203. The summed E-state index contributed by atoms with van der Waals surface area (Å²) in [6.07, 6.45) is -0.0110. The highest BCUT2D eigenvalue weighted by Crippen LogP contribution is 2.29. The van der Waals surface area contributed by atoms with Gasteiger partial charge in [0.2, 0.25) is 0 Å². The molecule has 3 aromatic carbocycles. The summed E-state index contributed by atoms with van der Waals surface area (Å²) in [5, 5.41) is 13.4. The number of methoxy groups -OCH3 is 1. The largest absolute Gasteiger partial charge is 0.494 e. The maximum Gasteiger partial charge on any atom is 0.330 e. The number of nitro benzene ring substituents is 1. The summed E-state index contributed by atoms with van der Waals surface area (Å²) in [4.78, 5) is 62.9. The fourth-order valence-electron chi connectivity index (χ4n) is 3.92. The van der Waals surface area contributed by atoms with Crippen molar-refractivity contribution < 1.29 is 33.6 Å². The molecule has 4 rings (SSSR count). The molecule has 1 aliphatic heterocycles. The van der Waals surface area contributed by atoms with Gasteiger partial charge in [-0.3, -0.25) is 29.4 Å². The summed E-state index contributed by atoms with van der Waals surface area (Å²) in [6.45, 7) is -0.729. The molecule has 1 N–H and O–H groups in total. The predicted molar refractivity (Wildman–Crippen MR) is 130 cm³/mol. The first-order valence-electron chi connectivity index (χ1n) is 11.1. The summed E-state index contributed by atoms with van der Waals surface area (Å²) < 4.78 is 10.3. The predicted octanol–water partition coefficient (Wildman–Crippen LogP) is 2.99. The third-order valence-corrected chi connectivity index (χ3v) is 5.70. The van der Waals surface area contributed by atoms with Crippen LogP contribution in [-0.4, -0.2) is 53.3 Å². The lowest BCUT2D eigenvalue weighted by Gasteiger charge is -2.24. The number of carbonyl (C=O) groups excluding carboxylic acids is 4. The molecular formula is C26H21N3O8. The summed E-state index contributed by atoms with van der Waals surface area (Å²) in [5.74, 6) is -2.90. The third kappa shape index (κ3) is 5.30. The van der Waals surface area contributed by atoms with Gasteiger partial charge in [-0.25, -0.2) is 4.79 Å². The Kier molecular flexibility index (Phi) is 7.23. The molecule has 0 saturated carbocycles. The fourth-order valence-corrected chi connectivity index (χ4v) is 3.92. The number of ether oxygens (including phenoxy) is 2. The molecule has 0 aliphatic carbocycles. The molecular weight excluding hydrogens is 482 g/mol. The van der Waals surface area contributed by atoms with Crippen LogP contribution < -0.4 is 10.1 Å². The van der Waals surface area contributed by atoms with Gasteiger partial charge in [-0.05, 0) is 23.8 Å². The van der Waals surface area contributed by atoms with Gasteiger partial charge in [-0.15, -0.1) is 0 Å². The zero-order valence-electron chi connectivity index (χ0n) is 19.6. The standard InChI is InChI=1S/C26H21N3O8/c1-36-22-14-17(29(34)35)11-12-20(22)27-23(30)15-37-26(33)21(13-16-7-3-2-4-8-16)28-24(31)18-9-5-6-10-19(18)25(28)32/h2-12,14,21H,13,15H2,1H3,(H,27,30)/t21-/m1/s1. The van der Waals surface area contributed by atoms with Gasteiger partial charge >= 0.3 is 5.97 Å². The number of nitrogens with one attached hydrogen (secondary N) is 1. The number of nitrogens with zero attached hydrogens (tertiary/aromatic N) is 2. The topological polar surface area (TPSA) is 145 Å². The maximum absolute atomic E-state index is 13.1. The second-order valence-corrected chi connectivity index (χ2v) is 8.03. The number of fused-ring (bicyclic) bond motifs is 1. The molecule has 1 aliphatic rings. The van der Waals surface area contributed by atoms with Crippen molar-refractivity contribution in [3.05, 3.63) is 99.6 Å². The van der Waals surface area contributed by atoms with Crippen LogP contribution in [0.2, 0.25) is 0 Å². The van der Waals surface area contributed by atoms with E-state index in [4.69, 9.17) is 9.47 Å². The van der Waals surface area contributed by atoms with Crippen molar-refractivity contribution in [1.29, 1.82) is 0 Å². The average molecular weight is 503 g/mol. The van der Waals surface area contributed by atoms with Gasteiger partial charge in [-0.1, -0.05) is 42.5 Å². The number of benzene rings is 3. The van der Waals surface area contributed by atoms with Crippen LogP contribution >= 0.6 is 0 Å². The Hall–Kier alpha value is -5.06. The van der Waals surface area contributed by atoms with E-state index in [-0.39, 0.29) is 34.7 Å². The monoisotopic (exact) mass is 503 g/mol. The Bertz CT molecular complexity index is 1350. The molecule has 188 valence electrons. The lowest BCUT2D eigenvalue weighted by molar-refractivity contribution is -0.384. The molecule has 3 amide bonds. The molecule has 3 aromatic rings. The second-order valence-electron chi connectivity index (χ2n) is 8.03. The van der Waals surface area contributed by atoms with E-state index in [2.05, 4.69) is 5.32 Å². The highest BCUT2D eigenvalue weighted by atomic mass is 16.6. The number of nitro groups is 1. The van der Waals surface area contributed by atoms with Crippen molar-refractivity contribution >= 4 is 35.1 Å². The number of non-ortho nitro benzene ring substituents is 1. The van der Waals surface area contributed by atoms with Gasteiger partial charge < -0.3 is 14.8 Å². The van der Waals surface area contributed by atoms with Crippen molar-refractivity contribution in [2.75, 3.05) is 19.0 Å². The summed E-state index contributed by atoms with van der Waals surface area (Å²) >= 11 is 0. The van der Waals surface area contributed by atoms with Crippen LogP contribution in [0.25, 0.3) is 0 Å². The van der Waals surface area contributed by atoms with Gasteiger partial charge in [0, 0.05) is 12.5 Å². The Balaban J connectivity index is 1.50. The van der Waals surface area contributed by atoms with E-state index in [1.54, 1.807) is 42.5 Å². The minimum absolute atomic E-state index is 0.0110. The Labute approximate surface area is 210 Å². The van der Waals surface area contributed by atoms with Gasteiger partial charge in [0.05, 0.1) is 34.9 Å². The van der Waals surface area contributed by atoms with E-state index in [1.807, 2.05) is 0 Å². The number of esters is 1. The minimum atomic E-state index is -1.31. The lowest BCUT2D eigenvalue weighted by atomic mass is 10.0. The first-order chi connectivity index (χ1) is 17.8. The van der Waals surface area contributed by atoms with Crippen LogP contribution in [0.1, 0.15) is 26.3 Å². The highest BCUT2D eigenvalue weighted by Gasteiger charge is 2.43. The molecule has 11 nitrogen and oxygen atoms in total. The SMILES string of the molecule is COc1cc([N+](=O)[O-])ccc1NC(=O)COC(=O)[C@@H](Cc1ccccc1)N1C(=O)c2ccccc2C1=O. The van der Waals surface area contributed by atoms with Gasteiger partial charge in [-0.2, -0.15) is 0 Å². The molecule has 0 radical (unpaired) electrons. The van der Waals surface area contributed by atoms with Crippen LogP contribution in [0.4, 0.5) is 11.4 Å². The van der Waals surface area contributed by atoms with E-state index in [0.717, 1.165) is 11.0 Å². The van der Waals surface area contributed by atoms with E-state index >= 15 is 0 Å². The van der Waals surface area contributed by atoms with Crippen LogP contribution in [0.3, 0.4) is 0 Å². The molecule has 0 bridgehead atoms. The number of hydrogen-bond donors (Lipinski definition) is 1. The summed E-state index contributed by atoms with van der Waals surface area (Å²) in [5.41, 5.74) is 0.949. The van der Waals surface area contributed by atoms with Crippen molar-refractivity contribution in [2.24, 2.45) is 0 Å². The first-order valence-corrected chi connectivity index (χ1v) is 11.1. The normalized spacial score (nSPS) is 13.1. The van der Waals surface area contributed by atoms with E-state index in [9.17, 15) is 29.3 Å². The van der Waals surface area contributed by atoms with E-state index < -0.39 is 41.3 Å². The molecule has 1 heterocycles. The summed E-state index contributed by atoms with van der Waals surface area (Å²) in [6, 6.07) is 17.3.